The van der Waals surface area contributed by atoms with Crippen LogP contribution >= 0.6 is 23.2 Å². The van der Waals surface area contributed by atoms with Gasteiger partial charge in [-0.3, -0.25) is 0 Å². The highest BCUT2D eigenvalue weighted by Gasteiger charge is 2.12. The van der Waals surface area contributed by atoms with E-state index in [0.717, 1.165) is 52.3 Å². The smallest absolute Gasteiger partial charge is 0.119 e. The summed E-state index contributed by atoms with van der Waals surface area (Å²) in [5, 5.41) is 0.738. The van der Waals surface area contributed by atoms with Gasteiger partial charge in [0.05, 0.1) is 11.6 Å². The molecule has 1 nitrogen and oxygen atoms in total. The van der Waals surface area contributed by atoms with Gasteiger partial charge < -0.3 is 4.74 Å². The Morgan fingerprint density at radius 2 is 1.21 bits per heavy atom. The summed E-state index contributed by atoms with van der Waals surface area (Å²) in [5.74, 6) is 1.59. The number of hydrogen-bond acceptors (Lipinski definition) is 1. The minimum Gasteiger partial charge on any atom is -0.494 e. The predicted molar refractivity (Wildman–Crippen MR) is 121 cm³/mol. The Bertz CT molecular complexity index is 871. The van der Waals surface area contributed by atoms with Crippen molar-refractivity contribution in [3.05, 3.63) is 102 Å². The molecule has 0 fully saturated rings. The molecule has 28 heavy (non-hydrogen) atoms. The largest absolute Gasteiger partial charge is 0.494 e. The molecule has 3 aromatic carbocycles. The molecule has 144 valence electrons. The van der Waals surface area contributed by atoms with E-state index in [1.807, 2.05) is 60.7 Å². The van der Waals surface area contributed by atoms with Crippen LogP contribution in [0.3, 0.4) is 0 Å². The van der Waals surface area contributed by atoms with Crippen molar-refractivity contribution >= 4 is 33.8 Å². The minimum absolute atomic E-state index is 0.711. The van der Waals surface area contributed by atoms with Crippen LogP contribution in [0.25, 0.3) is 10.6 Å². The Labute approximate surface area is 177 Å². The molecule has 0 atom stereocenters. The van der Waals surface area contributed by atoms with Crippen molar-refractivity contribution in [2.45, 2.75) is 19.3 Å². The second kappa shape index (κ2) is 10.9. The molecule has 0 aliphatic rings. The molecule has 0 unspecified atom stereocenters. The topological polar surface area (TPSA) is 9.23 Å². The van der Waals surface area contributed by atoms with Crippen molar-refractivity contribution in [2.24, 2.45) is 0 Å². The maximum absolute atomic E-state index is 6.85. The zero-order valence-corrected chi connectivity index (χ0v) is 17.3. The van der Waals surface area contributed by atoms with Gasteiger partial charge in [-0.25, -0.2) is 0 Å². The number of benzene rings is 3. The third-order valence-electron chi connectivity index (χ3n) is 4.50. The number of ether oxygens (including phenoxy) is 1. The summed E-state index contributed by atoms with van der Waals surface area (Å²) >= 11 is 12.6. The average molecular weight is 411 g/mol. The van der Waals surface area contributed by atoms with Gasteiger partial charge in [-0.2, -0.15) is 0 Å². The number of halogens is 2. The normalized spacial score (nSPS) is 11.8. The van der Waals surface area contributed by atoms with Crippen molar-refractivity contribution in [1.82, 2.24) is 0 Å². The number of alkyl halides is 1. The summed E-state index contributed by atoms with van der Waals surface area (Å²) in [7, 11) is 0. The van der Waals surface area contributed by atoms with Crippen LogP contribution in [0.1, 0.15) is 36.0 Å². The van der Waals surface area contributed by atoms with Crippen molar-refractivity contribution in [3.8, 4) is 5.75 Å². The Morgan fingerprint density at radius 3 is 1.82 bits per heavy atom. The second-order valence-electron chi connectivity index (χ2n) is 6.54. The standard InChI is InChI=1S/C25H24Cl2O/c26-18-8-3-9-19-28-23-16-14-21(15-17-23)24(20-10-4-1-5-11-20)25(27)22-12-6-2-7-13-22/h1-2,4-7,10-17H,3,8-9,18-19H2/b25-24+. The molecule has 0 bridgehead atoms. The number of hydrogen-bond donors (Lipinski definition) is 0. The third-order valence-corrected chi connectivity index (χ3v) is 5.17. The fraction of sp³-hybridized carbons (Fsp3) is 0.200. The summed E-state index contributed by atoms with van der Waals surface area (Å²) in [6.07, 6.45) is 3.14. The molecule has 0 saturated carbocycles. The van der Waals surface area contributed by atoms with Crippen molar-refractivity contribution < 1.29 is 4.74 Å². The first-order chi connectivity index (χ1) is 13.8. The van der Waals surface area contributed by atoms with Gasteiger partial charge in [0, 0.05) is 11.5 Å². The SMILES string of the molecule is ClCCCCCOc1ccc(/C(=C(/Cl)c2ccccc2)c2ccccc2)cc1. The summed E-state index contributed by atoms with van der Waals surface area (Å²) in [6, 6.07) is 28.5. The highest BCUT2D eigenvalue weighted by molar-refractivity contribution is 6.53. The first kappa shape index (κ1) is 20.5. The maximum atomic E-state index is 6.85. The highest BCUT2D eigenvalue weighted by Crippen LogP contribution is 2.35. The van der Waals surface area contributed by atoms with Gasteiger partial charge in [0.2, 0.25) is 0 Å². The van der Waals surface area contributed by atoms with Crippen molar-refractivity contribution in [2.75, 3.05) is 12.5 Å². The molecule has 3 rings (SSSR count). The molecule has 0 N–H and O–H groups in total. The van der Waals surface area contributed by atoms with Crippen LogP contribution in [0, 0.1) is 0 Å². The van der Waals surface area contributed by atoms with Gasteiger partial charge in [-0.05, 0) is 48.1 Å². The third kappa shape index (κ3) is 5.64. The lowest BCUT2D eigenvalue weighted by Gasteiger charge is -2.13. The zero-order valence-electron chi connectivity index (χ0n) is 15.8. The monoisotopic (exact) mass is 410 g/mol. The van der Waals surface area contributed by atoms with Crippen molar-refractivity contribution in [1.29, 1.82) is 0 Å². The maximum Gasteiger partial charge on any atom is 0.119 e. The molecule has 0 radical (unpaired) electrons. The Balaban J connectivity index is 1.85. The summed E-state index contributed by atoms with van der Waals surface area (Å²) < 4.78 is 5.85. The summed E-state index contributed by atoms with van der Waals surface area (Å²) in [4.78, 5) is 0. The molecular formula is C25H24Cl2O. The van der Waals surface area contributed by atoms with Crippen LogP contribution in [-0.4, -0.2) is 12.5 Å². The van der Waals surface area contributed by atoms with Crippen LogP contribution in [0.15, 0.2) is 84.9 Å². The molecule has 3 aromatic rings. The molecule has 0 aliphatic carbocycles. The van der Waals surface area contributed by atoms with E-state index in [2.05, 4.69) is 24.3 Å². The molecule has 0 amide bonds. The first-order valence-corrected chi connectivity index (χ1v) is 10.5. The molecule has 0 saturated heterocycles. The minimum atomic E-state index is 0.711. The van der Waals surface area contributed by atoms with Crippen LogP contribution in [0.4, 0.5) is 0 Å². The van der Waals surface area contributed by atoms with E-state index < -0.39 is 0 Å². The Kier molecular flexibility index (Phi) is 8.02. The van der Waals surface area contributed by atoms with E-state index in [-0.39, 0.29) is 0 Å². The van der Waals surface area contributed by atoms with Gasteiger partial charge in [-0.1, -0.05) is 84.4 Å². The molecule has 0 aliphatic heterocycles. The highest BCUT2D eigenvalue weighted by atomic mass is 35.5. The van der Waals surface area contributed by atoms with Gasteiger partial charge >= 0.3 is 0 Å². The van der Waals surface area contributed by atoms with E-state index in [1.165, 1.54) is 0 Å². The number of unbranched alkanes of at least 4 members (excludes halogenated alkanes) is 2. The second-order valence-corrected chi connectivity index (χ2v) is 7.30. The van der Waals surface area contributed by atoms with E-state index in [0.29, 0.717) is 12.5 Å². The van der Waals surface area contributed by atoms with Crippen LogP contribution in [-0.2, 0) is 0 Å². The van der Waals surface area contributed by atoms with Crippen LogP contribution in [0.5, 0.6) is 5.75 Å². The molecule has 3 heteroatoms. The zero-order chi connectivity index (χ0) is 19.6. The quantitative estimate of drug-likeness (QED) is 0.200. The molecule has 0 aromatic heterocycles. The lowest BCUT2D eigenvalue weighted by molar-refractivity contribution is 0.306. The fourth-order valence-corrected chi connectivity index (χ4v) is 3.57. The lowest BCUT2D eigenvalue weighted by atomic mass is 9.95. The fourth-order valence-electron chi connectivity index (χ4n) is 3.03. The molecule has 0 heterocycles. The summed E-state index contributed by atoms with van der Waals surface area (Å²) in [6.45, 7) is 0.711. The molecular weight excluding hydrogens is 387 g/mol. The Hall–Kier alpha value is -2.22. The van der Waals surface area contributed by atoms with Crippen LogP contribution < -0.4 is 4.74 Å². The van der Waals surface area contributed by atoms with Gasteiger partial charge in [0.25, 0.3) is 0 Å². The van der Waals surface area contributed by atoms with Crippen LogP contribution in [0.2, 0.25) is 0 Å². The van der Waals surface area contributed by atoms with Crippen molar-refractivity contribution in [3.63, 3.8) is 0 Å². The first-order valence-electron chi connectivity index (χ1n) is 9.59. The van der Waals surface area contributed by atoms with Gasteiger partial charge in [-0.15, -0.1) is 11.6 Å². The Morgan fingerprint density at radius 1 is 0.643 bits per heavy atom. The average Bonchev–Trinajstić information content (AvgIpc) is 2.76. The molecule has 0 spiro atoms. The number of rotatable bonds is 9. The van der Waals surface area contributed by atoms with E-state index >= 15 is 0 Å². The van der Waals surface area contributed by atoms with E-state index in [1.54, 1.807) is 0 Å². The summed E-state index contributed by atoms with van der Waals surface area (Å²) in [5.41, 5.74) is 4.17. The predicted octanol–water partition coefficient (Wildman–Crippen LogP) is 7.63. The van der Waals surface area contributed by atoms with Gasteiger partial charge in [0.1, 0.15) is 5.75 Å². The van der Waals surface area contributed by atoms with Gasteiger partial charge in [0.15, 0.2) is 0 Å². The van der Waals surface area contributed by atoms with E-state index in [9.17, 15) is 0 Å². The lowest BCUT2D eigenvalue weighted by Crippen LogP contribution is -1.98. The van der Waals surface area contributed by atoms with E-state index in [4.69, 9.17) is 27.9 Å².